The van der Waals surface area contributed by atoms with Crippen LogP contribution >= 0.6 is 0 Å². The number of rotatable bonds is 10. The van der Waals surface area contributed by atoms with Crippen molar-refractivity contribution < 1.29 is 38.4 Å². The first-order chi connectivity index (χ1) is 64.6. The highest BCUT2D eigenvalue weighted by Gasteiger charge is 2.59. The van der Waals surface area contributed by atoms with Crippen molar-refractivity contribution >= 4 is 88.2 Å². The maximum absolute atomic E-state index is 12.5. The van der Waals surface area contributed by atoms with Gasteiger partial charge in [-0.1, -0.05) is 395 Å². The zero-order chi connectivity index (χ0) is 96.4. The molecule has 6 bridgehead atoms. The van der Waals surface area contributed by atoms with Crippen molar-refractivity contribution in [1.82, 2.24) is 9.80 Å². The second kappa shape index (κ2) is 58.8. The van der Waals surface area contributed by atoms with Crippen LogP contribution in [0.4, 0.5) is 22.7 Å². The van der Waals surface area contributed by atoms with Crippen LogP contribution in [0.15, 0.2) is 360 Å². The van der Waals surface area contributed by atoms with E-state index in [1.807, 2.05) is 140 Å². The highest BCUT2D eigenvalue weighted by Crippen LogP contribution is 2.54. The summed E-state index contributed by atoms with van der Waals surface area (Å²) < 4.78 is 0. The van der Waals surface area contributed by atoms with Gasteiger partial charge in [0.2, 0.25) is 11.8 Å². The Morgan fingerprint density at radius 2 is 0.421 bits per heavy atom. The van der Waals surface area contributed by atoms with Crippen molar-refractivity contribution in [3.63, 3.8) is 0 Å². The van der Waals surface area contributed by atoms with E-state index in [0.29, 0.717) is 22.7 Å². The Balaban J connectivity index is 0.000000199. The lowest BCUT2D eigenvalue weighted by Gasteiger charge is -2.17. The van der Waals surface area contributed by atoms with Crippen LogP contribution in [0.5, 0.6) is 0 Å². The van der Waals surface area contributed by atoms with Gasteiger partial charge >= 0.3 is 0 Å². The van der Waals surface area contributed by atoms with Gasteiger partial charge in [-0.2, -0.15) is 0 Å². The highest BCUT2D eigenvalue weighted by molar-refractivity contribution is 6.29. The number of fused-ring (bicyclic) bond motifs is 15. The summed E-state index contributed by atoms with van der Waals surface area (Å²) in [4.78, 5) is 102. The Morgan fingerprint density at radius 1 is 0.248 bits per heavy atom. The molecule has 0 N–H and O–H groups in total. The van der Waals surface area contributed by atoms with E-state index in [0.717, 1.165) is 87.7 Å². The van der Waals surface area contributed by atoms with Crippen LogP contribution in [0.25, 0.3) is 18.2 Å². The molecule has 6 aliphatic heterocycles. The molecule has 9 aromatic carbocycles. The minimum Gasteiger partial charge on any atom is -0.306 e. The molecule has 14 heteroatoms. The average Bonchev–Trinajstić information content (AvgIpc) is 1.54. The Bertz CT molecular complexity index is 4640. The van der Waals surface area contributed by atoms with Crippen molar-refractivity contribution in [2.75, 3.05) is 59.9 Å². The number of hydrogen-bond acceptors (Lipinski definition) is 10. The highest BCUT2D eigenvalue weighted by atomic mass is 16.2. The predicted molar refractivity (Wildman–Crippen MR) is 556 cm³/mol. The van der Waals surface area contributed by atoms with E-state index in [1.54, 1.807) is 72.8 Å². The van der Waals surface area contributed by atoms with E-state index >= 15 is 0 Å². The zero-order valence-electron chi connectivity index (χ0n) is 81.0. The molecule has 6 fully saturated rings. The summed E-state index contributed by atoms with van der Waals surface area (Å²) in [6.45, 7) is 40.0. The molecule has 12 aliphatic rings. The van der Waals surface area contributed by atoms with E-state index in [1.165, 1.54) is 139 Å². The Hall–Kier alpha value is -12.9. The molecule has 6 heterocycles. The lowest BCUT2D eigenvalue weighted by atomic mass is 9.85. The lowest BCUT2D eigenvalue weighted by Crippen LogP contribution is -2.32. The molecule has 12 atom stereocenters. The predicted octanol–water partition coefficient (Wildman–Crippen LogP) is 25.8. The molecule has 12 unspecified atom stereocenters. The van der Waals surface area contributed by atoms with Gasteiger partial charge in [-0.25, -0.2) is 14.7 Å². The Labute approximate surface area is 795 Å². The maximum atomic E-state index is 12.5. The van der Waals surface area contributed by atoms with E-state index in [2.05, 4.69) is 229 Å². The fourth-order valence-corrected chi connectivity index (χ4v) is 17.6. The van der Waals surface area contributed by atoms with Crippen molar-refractivity contribution in [1.29, 1.82) is 0 Å². The standard InChI is InChI=1S/C15H13NO2.3C10H7NO2.2C10H15N.3C10H12.2C6H6.4C3H8/c17-14-12-9-6-7-10(8-9)13(12)15(18)16(14)11-4-2-1-3-5-11;3*12-9-6-7-10(13)11(9)8-4-2-1-3-5-8;2*1-11-5-9-7-2-3-8(4-7)10(9)6-11;3*1-3-9-5-7-10(4-2)8-6-9;2*1-2-4-6-5-3-1;4*1-3-2/h1-7,9-10,12-13H,8H2;3*1-7H;2*2-3,7-10H,4-6H2,1H3;3*3,5-8H,1,4H2,2H3;2*1-6H;4*3H2,1-2H3. The Morgan fingerprint density at radius 3 is 0.609 bits per heavy atom. The van der Waals surface area contributed by atoms with Crippen molar-refractivity contribution in [3.8, 4) is 0 Å². The summed E-state index contributed by atoms with van der Waals surface area (Å²) in [5.74, 6) is 6.56. The summed E-state index contributed by atoms with van der Waals surface area (Å²) >= 11 is 0. The van der Waals surface area contributed by atoms with Crippen LogP contribution in [0, 0.1) is 71.0 Å². The number of likely N-dealkylation sites (tertiary alicyclic amines) is 2. The van der Waals surface area contributed by atoms with Gasteiger partial charge in [0.05, 0.1) is 34.6 Å². The summed E-state index contributed by atoms with van der Waals surface area (Å²) in [6, 6.07) is 85.2. The molecule has 21 rings (SSSR count). The maximum Gasteiger partial charge on any atom is 0.258 e. The molecular weight excluding hydrogens is 1640 g/mol. The summed E-state index contributed by atoms with van der Waals surface area (Å²) in [7, 11) is 4.52. The first kappa shape index (κ1) is 107. The molecule has 698 valence electrons. The second-order valence-electron chi connectivity index (χ2n) is 34.4. The lowest BCUT2D eigenvalue weighted by molar-refractivity contribution is -0.124. The molecule has 8 amide bonds. The monoisotopic (exact) mass is 1790 g/mol. The fraction of sp³-hybridized carbons (Fsp3) is 0.328. The number of carbonyl (C=O) groups excluding carboxylic acids is 8. The van der Waals surface area contributed by atoms with Crippen LogP contribution in [0.1, 0.15) is 154 Å². The molecule has 0 radical (unpaired) electrons. The number of allylic oxidation sites excluding steroid dienone is 6. The number of hydrogen-bond donors (Lipinski definition) is 0. The minimum absolute atomic E-state index is 0.00644. The molecular formula is C119H144N6O8. The number of imide groups is 4. The minimum atomic E-state index is -0.281. The van der Waals surface area contributed by atoms with Crippen LogP contribution in [0.3, 0.4) is 0 Å². The molecule has 3 saturated carbocycles. The van der Waals surface area contributed by atoms with Gasteiger partial charge in [0, 0.05) is 62.6 Å². The van der Waals surface area contributed by atoms with Gasteiger partial charge < -0.3 is 9.80 Å². The van der Waals surface area contributed by atoms with E-state index in [-0.39, 0.29) is 70.9 Å². The number of carbonyl (C=O) groups is 8. The number of anilines is 4. The third kappa shape index (κ3) is 32.8. The van der Waals surface area contributed by atoms with Crippen molar-refractivity contribution in [2.24, 2.45) is 71.0 Å². The summed E-state index contributed by atoms with van der Waals surface area (Å²) in [5, 5.41) is 0. The largest absolute Gasteiger partial charge is 0.306 e. The van der Waals surface area contributed by atoms with Crippen LogP contribution < -0.4 is 19.6 Å². The molecule has 0 aromatic heterocycles. The quantitative estimate of drug-likeness (QED) is 0.0954. The zero-order valence-corrected chi connectivity index (χ0v) is 81.0. The topological polar surface area (TPSA) is 156 Å². The van der Waals surface area contributed by atoms with Gasteiger partial charge in [0.25, 0.3) is 35.4 Å². The molecule has 6 aliphatic carbocycles. The third-order valence-electron chi connectivity index (χ3n) is 23.8. The average molecular weight is 1790 g/mol. The summed E-state index contributed by atoms with van der Waals surface area (Å²) in [5.41, 5.74) is 10.3. The van der Waals surface area contributed by atoms with E-state index in [4.69, 9.17) is 0 Å². The van der Waals surface area contributed by atoms with Crippen LogP contribution in [-0.4, -0.2) is 97.3 Å². The van der Waals surface area contributed by atoms with Crippen LogP contribution in [-0.2, 0) is 57.6 Å². The number of aryl methyl sites for hydroxylation is 3. The number of para-hydroxylation sites is 4. The van der Waals surface area contributed by atoms with Gasteiger partial charge in [0.15, 0.2) is 0 Å². The van der Waals surface area contributed by atoms with E-state index in [9.17, 15) is 38.4 Å². The number of nitrogens with zero attached hydrogens (tertiary/aromatic N) is 6. The molecule has 14 nitrogen and oxygen atoms in total. The summed E-state index contributed by atoms with van der Waals surface area (Å²) in [6.07, 6.45) is 39.6. The van der Waals surface area contributed by atoms with Gasteiger partial charge in [0.1, 0.15) is 0 Å². The third-order valence-corrected chi connectivity index (χ3v) is 23.8. The van der Waals surface area contributed by atoms with Crippen LogP contribution in [0.2, 0.25) is 0 Å². The van der Waals surface area contributed by atoms with Crippen molar-refractivity contribution in [3.05, 3.63) is 393 Å². The van der Waals surface area contributed by atoms with Gasteiger partial charge in [-0.15, -0.1) is 0 Å². The fourth-order valence-electron chi connectivity index (χ4n) is 17.6. The van der Waals surface area contributed by atoms with E-state index < -0.39 is 0 Å². The normalized spacial score (nSPS) is 21.8. The first-order valence-corrected chi connectivity index (χ1v) is 47.9. The Kier molecular flexibility index (Phi) is 47.4. The second-order valence-corrected chi connectivity index (χ2v) is 34.4. The molecule has 3 saturated heterocycles. The SMILES string of the molecule is C=Cc1ccc(CC)cc1.C=Cc1ccc(CC)cc1.C=Cc1ccc(CC)cc1.CCC.CCC.CCC.CCC.CN1CC2C3C=CC(C3)C2C1.CN1CC2C3C=CC(C3)C2C1.O=C1C2C3C=CC(C3)C2C(=O)N1c1ccccc1.O=C1C=CC(=O)N1c1ccccc1.O=C1C=CC(=O)N1c1ccccc1.O=C1C=CC(=O)N1c1ccccc1.c1ccccc1.c1ccccc1. The first-order valence-electron chi connectivity index (χ1n) is 47.9. The smallest absolute Gasteiger partial charge is 0.258 e. The molecule has 9 aromatic rings. The number of benzene rings is 9. The van der Waals surface area contributed by atoms with Gasteiger partial charge in [-0.05, 0) is 194 Å². The number of amides is 8. The molecule has 133 heavy (non-hydrogen) atoms. The van der Waals surface area contributed by atoms with Gasteiger partial charge in [-0.3, -0.25) is 43.3 Å². The van der Waals surface area contributed by atoms with Crippen molar-refractivity contribution in [2.45, 2.75) is 140 Å². The molecule has 0 spiro atoms.